The Balaban J connectivity index is 2.44. The topological polar surface area (TPSA) is 62.1 Å². The van der Waals surface area contributed by atoms with Gasteiger partial charge in [-0.25, -0.2) is 0 Å². The summed E-state index contributed by atoms with van der Waals surface area (Å²) in [5.41, 5.74) is 0.817. The summed E-state index contributed by atoms with van der Waals surface area (Å²) in [5.74, 6) is 0.0827. The van der Waals surface area contributed by atoms with Gasteiger partial charge < -0.3 is 10.1 Å². The normalized spacial score (nSPS) is 10.5. The highest BCUT2D eigenvalue weighted by Crippen LogP contribution is 2.13. The number of rotatable bonds is 7. The molecule has 0 aliphatic rings. The first-order valence-corrected chi connectivity index (χ1v) is 6.83. The molecule has 0 unspecified atom stereocenters. The Morgan fingerprint density at radius 1 is 1.60 bits per heavy atom. The van der Waals surface area contributed by atoms with Crippen LogP contribution in [0.15, 0.2) is 47.6 Å². The first-order valence-electron chi connectivity index (χ1n) is 5.95. The average Bonchev–Trinajstić information content (AvgIpc) is 2.93. The second kappa shape index (κ2) is 7.97. The van der Waals surface area contributed by atoms with Crippen molar-refractivity contribution in [3.05, 3.63) is 52.5 Å². The lowest BCUT2D eigenvalue weighted by Gasteiger charge is -2.09. The van der Waals surface area contributed by atoms with Crippen molar-refractivity contribution < 1.29 is 9.53 Å². The van der Waals surface area contributed by atoms with Crippen molar-refractivity contribution in [1.29, 1.82) is 5.26 Å². The molecule has 0 bridgehead atoms. The van der Waals surface area contributed by atoms with E-state index in [0.29, 0.717) is 12.3 Å². The Morgan fingerprint density at radius 2 is 2.35 bits per heavy atom. The van der Waals surface area contributed by atoms with Crippen LogP contribution in [0.1, 0.15) is 11.8 Å². The number of thiophene rings is 1. The lowest BCUT2D eigenvalue weighted by Crippen LogP contribution is -2.28. The molecule has 0 radical (unpaired) electrons. The fourth-order valence-corrected chi connectivity index (χ4v) is 1.88. The summed E-state index contributed by atoms with van der Waals surface area (Å²) >= 11 is 1.47. The molecule has 4 nitrogen and oxygen atoms in total. The van der Waals surface area contributed by atoms with Crippen LogP contribution in [-0.4, -0.2) is 19.1 Å². The Labute approximate surface area is 122 Å². The third-order valence-electron chi connectivity index (χ3n) is 2.33. The van der Waals surface area contributed by atoms with Crippen molar-refractivity contribution in [2.75, 3.05) is 13.2 Å². The zero-order valence-corrected chi connectivity index (χ0v) is 12.1. The third kappa shape index (κ3) is 5.12. The molecule has 1 heterocycles. The van der Waals surface area contributed by atoms with Crippen molar-refractivity contribution in [2.24, 2.45) is 0 Å². The van der Waals surface area contributed by atoms with E-state index in [1.54, 1.807) is 13.0 Å². The van der Waals surface area contributed by atoms with Crippen molar-refractivity contribution in [1.82, 2.24) is 5.32 Å². The second-order valence-electron chi connectivity index (χ2n) is 3.99. The van der Waals surface area contributed by atoms with Crippen LogP contribution in [0, 0.1) is 11.3 Å². The van der Waals surface area contributed by atoms with Gasteiger partial charge in [0, 0.05) is 4.88 Å². The highest BCUT2D eigenvalue weighted by Gasteiger charge is 2.08. The van der Waals surface area contributed by atoms with Crippen LogP contribution >= 0.6 is 11.3 Å². The van der Waals surface area contributed by atoms with Gasteiger partial charge in [0.05, 0.1) is 6.54 Å². The standard InChI is InChI=1S/C15H16N2O2S/c1-11(2)12(3)19-7-6-17-15(18)13(10-16)9-14-5-4-8-20-14/h4-5,8-9H,1,3,6-7H2,2H3,(H,17,18)/b13-9+. The lowest BCUT2D eigenvalue weighted by atomic mass is 10.2. The minimum atomic E-state index is -0.412. The molecule has 1 N–H and O–H groups in total. The highest BCUT2D eigenvalue weighted by molar-refractivity contribution is 7.10. The van der Waals surface area contributed by atoms with E-state index < -0.39 is 5.91 Å². The van der Waals surface area contributed by atoms with Gasteiger partial charge in [-0.1, -0.05) is 19.2 Å². The predicted molar refractivity (Wildman–Crippen MR) is 80.8 cm³/mol. The van der Waals surface area contributed by atoms with E-state index in [2.05, 4.69) is 18.5 Å². The molecule has 1 rings (SSSR count). The van der Waals surface area contributed by atoms with Gasteiger partial charge >= 0.3 is 0 Å². The quantitative estimate of drug-likeness (QED) is 0.276. The Morgan fingerprint density at radius 3 is 2.90 bits per heavy atom. The van der Waals surface area contributed by atoms with E-state index in [-0.39, 0.29) is 12.2 Å². The van der Waals surface area contributed by atoms with Gasteiger partial charge in [-0.15, -0.1) is 11.3 Å². The number of nitriles is 1. The fraction of sp³-hybridized carbons (Fsp3) is 0.200. The molecule has 0 saturated heterocycles. The molecule has 0 spiro atoms. The third-order valence-corrected chi connectivity index (χ3v) is 3.15. The van der Waals surface area contributed by atoms with E-state index >= 15 is 0 Å². The number of carbonyl (C=O) groups is 1. The number of allylic oxidation sites excluding steroid dienone is 1. The smallest absolute Gasteiger partial charge is 0.262 e. The van der Waals surface area contributed by atoms with E-state index in [1.807, 2.05) is 23.6 Å². The highest BCUT2D eigenvalue weighted by atomic mass is 32.1. The van der Waals surface area contributed by atoms with Gasteiger partial charge in [-0.2, -0.15) is 5.26 Å². The molecule has 20 heavy (non-hydrogen) atoms. The SMILES string of the molecule is C=C(C)C(=C)OCCNC(=O)/C(C#N)=C/c1cccs1. The monoisotopic (exact) mass is 288 g/mol. The number of hydrogen-bond donors (Lipinski definition) is 1. The van der Waals surface area contributed by atoms with Gasteiger partial charge in [0.2, 0.25) is 0 Å². The molecule has 0 aliphatic heterocycles. The minimum absolute atomic E-state index is 0.0752. The molecular formula is C15H16N2O2S. The van der Waals surface area contributed by atoms with Crippen LogP contribution in [0.5, 0.6) is 0 Å². The van der Waals surface area contributed by atoms with Crippen molar-refractivity contribution in [3.63, 3.8) is 0 Å². The maximum atomic E-state index is 11.8. The molecule has 0 fully saturated rings. The molecule has 5 heteroatoms. The summed E-state index contributed by atoms with van der Waals surface area (Å²) in [4.78, 5) is 12.7. The van der Waals surface area contributed by atoms with Gasteiger partial charge in [-0.05, 0) is 30.0 Å². The Hall–Kier alpha value is -2.32. The lowest BCUT2D eigenvalue weighted by molar-refractivity contribution is -0.117. The van der Waals surface area contributed by atoms with Crippen LogP contribution in [0.2, 0.25) is 0 Å². The van der Waals surface area contributed by atoms with Gasteiger partial charge in [0.15, 0.2) is 0 Å². The maximum absolute atomic E-state index is 11.8. The summed E-state index contributed by atoms with van der Waals surface area (Å²) < 4.78 is 5.26. The fourth-order valence-electron chi connectivity index (χ4n) is 1.22. The van der Waals surface area contributed by atoms with Crippen LogP contribution in [0.25, 0.3) is 6.08 Å². The van der Waals surface area contributed by atoms with E-state index in [9.17, 15) is 4.79 Å². The van der Waals surface area contributed by atoms with Crippen molar-refractivity contribution in [3.8, 4) is 6.07 Å². The van der Waals surface area contributed by atoms with Crippen molar-refractivity contribution in [2.45, 2.75) is 6.92 Å². The van der Waals surface area contributed by atoms with E-state index in [1.165, 1.54) is 11.3 Å². The number of amides is 1. The summed E-state index contributed by atoms with van der Waals surface area (Å²) in [6.07, 6.45) is 1.56. The van der Waals surface area contributed by atoms with Crippen LogP contribution in [0.3, 0.4) is 0 Å². The molecule has 1 aromatic rings. The van der Waals surface area contributed by atoms with Gasteiger partial charge in [0.25, 0.3) is 5.91 Å². The van der Waals surface area contributed by atoms with E-state index in [4.69, 9.17) is 10.00 Å². The zero-order chi connectivity index (χ0) is 15.0. The number of ether oxygens (including phenoxy) is 1. The maximum Gasteiger partial charge on any atom is 0.262 e. The largest absolute Gasteiger partial charge is 0.492 e. The summed E-state index contributed by atoms with van der Waals surface area (Å²) in [7, 11) is 0. The van der Waals surface area contributed by atoms with Crippen molar-refractivity contribution >= 4 is 23.3 Å². The molecule has 0 aliphatic carbocycles. The van der Waals surface area contributed by atoms with Crippen LogP contribution < -0.4 is 5.32 Å². The summed E-state index contributed by atoms with van der Waals surface area (Å²) in [5, 5.41) is 13.5. The number of nitrogens with zero attached hydrogens (tertiary/aromatic N) is 1. The Kier molecular flexibility index (Phi) is 6.27. The molecule has 1 aromatic heterocycles. The number of carbonyl (C=O) groups excluding carboxylic acids is 1. The molecule has 0 saturated carbocycles. The molecule has 104 valence electrons. The molecule has 0 aromatic carbocycles. The second-order valence-corrected chi connectivity index (χ2v) is 4.97. The molecule has 1 amide bonds. The predicted octanol–water partition coefficient (Wildman–Crippen LogP) is 2.88. The van der Waals surface area contributed by atoms with Gasteiger partial charge in [-0.3, -0.25) is 4.79 Å². The molecule has 0 atom stereocenters. The Bertz CT molecular complexity index is 565. The van der Waals surface area contributed by atoms with E-state index in [0.717, 1.165) is 10.5 Å². The number of hydrogen-bond acceptors (Lipinski definition) is 4. The minimum Gasteiger partial charge on any atom is -0.492 e. The average molecular weight is 288 g/mol. The molecular weight excluding hydrogens is 272 g/mol. The van der Waals surface area contributed by atoms with Crippen LogP contribution in [-0.2, 0) is 9.53 Å². The summed E-state index contributed by atoms with van der Waals surface area (Å²) in [6.45, 7) is 9.74. The zero-order valence-electron chi connectivity index (χ0n) is 11.3. The first kappa shape index (κ1) is 15.7. The first-order chi connectivity index (χ1) is 9.54. The summed E-state index contributed by atoms with van der Waals surface area (Å²) in [6, 6.07) is 5.60. The number of nitrogens with one attached hydrogen (secondary N) is 1. The van der Waals surface area contributed by atoms with Gasteiger partial charge in [0.1, 0.15) is 24.0 Å². The van der Waals surface area contributed by atoms with Crippen LogP contribution in [0.4, 0.5) is 0 Å².